The highest BCUT2D eigenvalue weighted by Gasteiger charge is 2.38. The Bertz CT molecular complexity index is 1810. The van der Waals surface area contributed by atoms with E-state index in [2.05, 4.69) is 46.2 Å². The summed E-state index contributed by atoms with van der Waals surface area (Å²) >= 11 is 6.17. The number of cyclic esters (lactones) is 1. The lowest BCUT2D eigenvalue weighted by Gasteiger charge is -2.18. The van der Waals surface area contributed by atoms with Crippen LogP contribution < -0.4 is 16.0 Å². The zero-order valence-corrected chi connectivity index (χ0v) is 25.4. The second kappa shape index (κ2) is 15.5. The summed E-state index contributed by atoms with van der Waals surface area (Å²) in [5.74, 6) is -2.61. The molecule has 0 spiro atoms. The number of carbonyl (C=O) groups excluding carboxylic acids is 3. The van der Waals surface area contributed by atoms with Gasteiger partial charge in [0, 0.05) is 27.9 Å². The average molecular weight is 692 g/mol. The largest absolute Gasteiger partial charge is 0.490 e. The predicted molar refractivity (Wildman–Crippen MR) is 162 cm³/mol. The third-order valence-corrected chi connectivity index (χ3v) is 6.57. The molecule has 252 valence electrons. The SMILES string of the molecule is COC(=O)Nc1ccc2c(c1)NC(=O)OCCC[C@H](NC(=O)/C=C/c1cc(Cl)ccc1-n1cnnn1)c1ncc-2[nH]1.O=C(O)C(F)(F)F. The number of amides is 3. The van der Waals surface area contributed by atoms with E-state index in [1.54, 1.807) is 48.7 Å². The summed E-state index contributed by atoms with van der Waals surface area (Å²) in [5, 5.41) is 27.0. The number of imidazole rings is 1. The lowest BCUT2D eigenvalue weighted by molar-refractivity contribution is -0.192. The molecule has 0 aliphatic carbocycles. The summed E-state index contributed by atoms with van der Waals surface area (Å²) in [5.41, 5.74) is 3.24. The number of H-pyrrole nitrogens is 1. The van der Waals surface area contributed by atoms with Gasteiger partial charge in [0.2, 0.25) is 5.91 Å². The fourth-order valence-electron chi connectivity index (χ4n) is 4.18. The number of nitrogens with one attached hydrogen (secondary N) is 4. The van der Waals surface area contributed by atoms with Gasteiger partial charge in [-0.1, -0.05) is 11.6 Å². The van der Waals surface area contributed by atoms with Gasteiger partial charge in [-0.05, 0) is 65.7 Å². The first-order valence-corrected chi connectivity index (χ1v) is 14.0. The van der Waals surface area contributed by atoms with E-state index in [1.165, 1.54) is 24.2 Å². The topological polar surface area (TPSA) is 215 Å². The fourth-order valence-corrected chi connectivity index (χ4v) is 4.36. The van der Waals surface area contributed by atoms with Crippen molar-refractivity contribution < 1.29 is 46.9 Å². The summed E-state index contributed by atoms with van der Waals surface area (Å²) in [6, 6.07) is 9.56. The van der Waals surface area contributed by atoms with E-state index in [1.807, 2.05) is 0 Å². The molecule has 5 rings (SSSR count). The van der Waals surface area contributed by atoms with Gasteiger partial charge < -0.3 is 24.9 Å². The van der Waals surface area contributed by atoms with Crippen molar-refractivity contribution in [3.63, 3.8) is 0 Å². The molecule has 1 aliphatic rings. The van der Waals surface area contributed by atoms with Crippen LogP contribution in [0.2, 0.25) is 5.02 Å². The molecule has 48 heavy (non-hydrogen) atoms. The molecule has 2 aromatic carbocycles. The van der Waals surface area contributed by atoms with Gasteiger partial charge in [0.05, 0.1) is 43.0 Å². The number of methoxy groups -OCH3 is 1. The molecule has 2 aromatic heterocycles. The van der Waals surface area contributed by atoms with Crippen molar-refractivity contribution in [1.29, 1.82) is 0 Å². The zero-order chi connectivity index (χ0) is 34.8. The number of carbonyl (C=O) groups is 4. The van der Waals surface area contributed by atoms with Crippen molar-refractivity contribution in [3.8, 4) is 16.9 Å². The molecular formula is C28H25ClF3N9O7. The Kier molecular flexibility index (Phi) is 11.3. The number of fused-ring (bicyclic) bond motifs is 4. The van der Waals surface area contributed by atoms with Gasteiger partial charge in [-0.2, -0.15) is 17.9 Å². The maximum atomic E-state index is 13.0. The number of ether oxygens (including phenoxy) is 2. The third-order valence-electron chi connectivity index (χ3n) is 6.33. The highest BCUT2D eigenvalue weighted by molar-refractivity contribution is 6.30. The van der Waals surface area contributed by atoms with Crippen molar-refractivity contribution >= 4 is 53.1 Å². The summed E-state index contributed by atoms with van der Waals surface area (Å²) in [6.07, 6.45) is 0.542. The molecule has 1 aliphatic heterocycles. The van der Waals surface area contributed by atoms with Gasteiger partial charge in [-0.15, -0.1) is 5.10 Å². The van der Waals surface area contributed by atoms with Gasteiger partial charge in [0.15, 0.2) is 0 Å². The van der Waals surface area contributed by atoms with Crippen molar-refractivity contribution in [2.75, 3.05) is 24.4 Å². The first kappa shape index (κ1) is 34.9. The Morgan fingerprint density at radius 3 is 2.67 bits per heavy atom. The molecule has 20 heteroatoms. The molecule has 2 bridgehead atoms. The monoisotopic (exact) mass is 691 g/mol. The minimum absolute atomic E-state index is 0.106. The molecule has 0 radical (unpaired) electrons. The first-order valence-electron chi connectivity index (χ1n) is 13.6. The number of nitrogens with zero attached hydrogens (tertiary/aromatic N) is 5. The number of anilines is 2. The number of benzene rings is 2. The number of rotatable bonds is 5. The second-order valence-corrected chi connectivity index (χ2v) is 10.1. The molecular weight excluding hydrogens is 667 g/mol. The smallest absolute Gasteiger partial charge is 0.475 e. The van der Waals surface area contributed by atoms with Gasteiger partial charge in [0.1, 0.15) is 12.2 Å². The van der Waals surface area contributed by atoms with Crippen LogP contribution in [-0.2, 0) is 19.1 Å². The van der Waals surface area contributed by atoms with Crippen molar-refractivity contribution in [2.24, 2.45) is 0 Å². The van der Waals surface area contributed by atoms with Crippen molar-refractivity contribution in [1.82, 2.24) is 35.5 Å². The number of halogens is 4. The minimum Gasteiger partial charge on any atom is -0.475 e. The summed E-state index contributed by atoms with van der Waals surface area (Å²) < 4.78 is 43.2. The Balaban J connectivity index is 0.000000671. The van der Waals surface area contributed by atoms with E-state index >= 15 is 0 Å². The van der Waals surface area contributed by atoms with Crippen LogP contribution in [0.4, 0.5) is 34.1 Å². The Hall–Kier alpha value is -5.98. The quantitative estimate of drug-likeness (QED) is 0.180. The van der Waals surface area contributed by atoms with Crippen LogP contribution in [0, 0.1) is 0 Å². The molecule has 5 N–H and O–H groups in total. The highest BCUT2D eigenvalue weighted by Crippen LogP contribution is 2.32. The summed E-state index contributed by atoms with van der Waals surface area (Å²) in [4.78, 5) is 53.7. The Morgan fingerprint density at radius 1 is 1.21 bits per heavy atom. The maximum Gasteiger partial charge on any atom is 0.490 e. The van der Waals surface area contributed by atoms with Gasteiger partial charge in [-0.3, -0.25) is 15.4 Å². The molecule has 0 saturated carbocycles. The van der Waals surface area contributed by atoms with Gasteiger partial charge in [0.25, 0.3) is 0 Å². The van der Waals surface area contributed by atoms with Crippen LogP contribution in [0.15, 0.2) is 55.0 Å². The fraction of sp³-hybridized carbons (Fsp3) is 0.214. The second-order valence-electron chi connectivity index (χ2n) is 9.62. The number of aromatic nitrogens is 6. The van der Waals surface area contributed by atoms with E-state index in [0.29, 0.717) is 57.6 Å². The minimum atomic E-state index is -5.08. The number of carboxylic acids is 1. The number of alkyl halides is 3. The molecule has 0 fully saturated rings. The molecule has 16 nitrogen and oxygen atoms in total. The zero-order valence-electron chi connectivity index (χ0n) is 24.6. The lowest BCUT2D eigenvalue weighted by atomic mass is 10.1. The van der Waals surface area contributed by atoms with Crippen LogP contribution >= 0.6 is 11.6 Å². The molecule has 4 aromatic rings. The third kappa shape index (κ3) is 9.52. The maximum absolute atomic E-state index is 13.0. The number of aliphatic carboxylic acids is 1. The number of tetrazole rings is 1. The number of hydrogen-bond donors (Lipinski definition) is 5. The van der Waals surface area contributed by atoms with Crippen LogP contribution in [0.1, 0.15) is 30.3 Å². The molecule has 1 atom stereocenters. The number of carboxylic acid groups (broad SMARTS) is 1. The molecule has 3 amide bonds. The van der Waals surface area contributed by atoms with E-state index in [4.69, 9.17) is 26.2 Å². The normalized spacial score (nSPS) is 14.5. The van der Waals surface area contributed by atoms with Crippen molar-refractivity contribution in [2.45, 2.75) is 25.1 Å². The summed E-state index contributed by atoms with van der Waals surface area (Å²) in [7, 11) is 1.25. The molecule has 0 unspecified atom stereocenters. The Labute approximate surface area is 273 Å². The highest BCUT2D eigenvalue weighted by atomic mass is 35.5. The molecule has 3 heterocycles. The van der Waals surface area contributed by atoms with Crippen LogP contribution in [-0.4, -0.2) is 79.2 Å². The van der Waals surface area contributed by atoms with E-state index in [9.17, 15) is 27.6 Å². The first-order chi connectivity index (χ1) is 22.8. The lowest BCUT2D eigenvalue weighted by Crippen LogP contribution is -2.28. The predicted octanol–water partition coefficient (Wildman–Crippen LogP) is 4.73. The van der Waals surface area contributed by atoms with Gasteiger partial charge >= 0.3 is 24.3 Å². The standard InChI is InChI=1S/C26H24ClN9O5.C2HF3O2/c1-40-25(38)30-17-6-7-18-20(12-17)33-26(39)41-10-2-3-19(24-28-13-21(18)32-24)31-23(37)9-4-15-11-16(27)5-8-22(15)36-14-29-34-35-36;3-2(4,5)1(6)7/h4-9,11-14,19H,2-3,10H2,1H3,(H,28,32)(H,30,38)(H,31,37)(H,33,39);(H,6,7)/b9-4+;/t19-;/m0./s1. The van der Waals surface area contributed by atoms with Crippen LogP contribution in [0.25, 0.3) is 23.0 Å². The number of hydrogen-bond acceptors (Lipinski definition) is 10. The van der Waals surface area contributed by atoms with Crippen LogP contribution in [0.5, 0.6) is 0 Å². The van der Waals surface area contributed by atoms with E-state index in [0.717, 1.165) is 0 Å². The number of aromatic amines is 1. The summed E-state index contributed by atoms with van der Waals surface area (Å²) in [6.45, 7) is 0.106. The van der Waals surface area contributed by atoms with Gasteiger partial charge in [-0.25, -0.2) is 19.4 Å². The van der Waals surface area contributed by atoms with Crippen molar-refractivity contribution in [3.05, 3.63) is 71.4 Å². The van der Waals surface area contributed by atoms with Crippen LogP contribution in [0.3, 0.4) is 0 Å². The Morgan fingerprint density at radius 2 is 1.98 bits per heavy atom. The average Bonchev–Trinajstić information content (AvgIpc) is 3.74. The van der Waals surface area contributed by atoms with E-state index in [-0.39, 0.29) is 12.5 Å². The molecule has 0 saturated heterocycles. The van der Waals surface area contributed by atoms with E-state index < -0.39 is 30.4 Å².